The quantitative estimate of drug-likeness (QED) is 0.643. The Morgan fingerprint density at radius 3 is 2.64 bits per heavy atom. The van der Waals surface area contributed by atoms with Crippen LogP contribution in [0.3, 0.4) is 0 Å². The molecule has 0 amide bonds. The lowest BCUT2D eigenvalue weighted by Crippen LogP contribution is -2.17. The predicted molar refractivity (Wildman–Crippen MR) is 67.2 cm³/mol. The second kappa shape index (κ2) is 4.15. The molecule has 1 heterocycles. The minimum atomic E-state index is 0.180. The number of hydrogen-bond acceptors (Lipinski definition) is 1. The lowest BCUT2D eigenvalue weighted by atomic mass is 9.84. The molecule has 0 nitrogen and oxygen atoms in total. The summed E-state index contributed by atoms with van der Waals surface area (Å²) >= 11 is 11.9. The Morgan fingerprint density at radius 2 is 2.14 bits per heavy atom. The minimum absolute atomic E-state index is 0.180. The van der Waals surface area contributed by atoms with E-state index >= 15 is 0 Å². The van der Waals surface area contributed by atoms with Gasteiger partial charge in [0, 0.05) is 9.35 Å². The van der Waals surface area contributed by atoms with Gasteiger partial charge in [0.15, 0.2) is 0 Å². The van der Waals surface area contributed by atoms with Crippen molar-refractivity contribution in [2.75, 3.05) is 0 Å². The van der Waals surface area contributed by atoms with Crippen LogP contribution in [0.4, 0.5) is 0 Å². The zero-order valence-corrected chi connectivity index (χ0v) is 11.4. The van der Waals surface area contributed by atoms with Gasteiger partial charge in [-0.05, 0) is 45.6 Å². The lowest BCUT2D eigenvalue weighted by Gasteiger charge is -2.29. The summed E-state index contributed by atoms with van der Waals surface area (Å²) in [7, 11) is 0. The maximum Gasteiger partial charge on any atom is 0.0743 e. The van der Waals surface area contributed by atoms with E-state index in [1.165, 1.54) is 35.0 Å². The molecule has 1 aromatic rings. The SMILES string of the molecule is CC1(C(Cl)c2sccc2Br)CCCC1. The largest absolute Gasteiger partial charge is 0.146 e. The summed E-state index contributed by atoms with van der Waals surface area (Å²) in [6, 6.07) is 2.09. The highest BCUT2D eigenvalue weighted by atomic mass is 79.9. The zero-order valence-electron chi connectivity index (χ0n) is 8.22. The highest BCUT2D eigenvalue weighted by molar-refractivity contribution is 9.10. The fraction of sp³-hybridized carbons (Fsp3) is 0.636. The van der Waals surface area contributed by atoms with Crippen LogP contribution in [0, 0.1) is 5.41 Å². The number of thiophene rings is 1. The molecule has 0 aliphatic heterocycles. The molecule has 2 rings (SSSR count). The summed E-state index contributed by atoms with van der Waals surface area (Å²) in [5.41, 5.74) is 0.314. The molecule has 0 saturated heterocycles. The summed E-state index contributed by atoms with van der Waals surface area (Å²) in [6.45, 7) is 2.32. The Hall–Kier alpha value is 0.470. The maximum absolute atomic E-state index is 6.58. The van der Waals surface area contributed by atoms with Crippen LogP contribution in [0.2, 0.25) is 0 Å². The van der Waals surface area contributed by atoms with Crippen molar-refractivity contribution in [3.8, 4) is 0 Å². The molecule has 0 aromatic carbocycles. The number of halogens is 2. The van der Waals surface area contributed by atoms with Gasteiger partial charge in [0.1, 0.15) is 0 Å². The van der Waals surface area contributed by atoms with Crippen LogP contribution >= 0.6 is 38.9 Å². The summed E-state index contributed by atoms with van der Waals surface area (Å²) in [4.78, 5) is 1.30. The van der Waals surface area contributed by atoms with Crippen molar-refractivity contribution >= 4 is 38.9 Å². The van der Waals surface area contributed by atoms with E-state index in [-0.39, 0.29) is 5.38 Å². The van der Waals surface area contributed by atoms with Crippen molar-refractivity contribution in [3.05, 3.63) is 20.8 Å². The van der Waals surface area contributed by atoms with Crippen molar-refractivity contribution in [3.63, 3.8) is 0 Å². The summed E-state index contributed by atoms with van der Waals surface area (Å²) in [5.74, 6) is 0. The van der Waals surface area contributed by atoms with Crippen LogP contribution in [-0.4, -0.2) is 0 Å². The van der Waals surface area contributed by atoms with Gasteiger partial charge in [0.2, 0.25) is 0 Å². The smallest absolute Gasteiger partial charge is 0.0743 e. The molecule has 1 unspecified atom stereocenters. The fourth-order valence-corrected chi connectivity index (χ4v) is 4.61. The summed E-state index contributed by atoms with van der Waals surface area (Å²) in [6.07, 6.45) is 5.21. The molecule has 14 heavy (non-hydrogen) atoms. The molecule has 1 aromatic heterocycles. The molecule has 1 atom stereocenters. The second-order valence-corrected chi connectivity index (χ2v) is 6.59. The third-order valence-corrected chi connectivity index (χ3v) is 6.04. The molecule has 1 aliphatic carbocycles. The molecule has 0 radical (unpaired) electrons. The topological polar surface area (TPSA) is 0 Å². The third kappa shape index (κ3) is 1.89. The number of hydrogen-bond donors (Lipinski definition) is 0. The van der Waals surface area contributed by atoms with E-state index in [1.807, 2.05) is 0 Å². The normalized spacial score (nSPS) is 22.5. The molecule has 0 bridgehead atoms. The van der Waals surface area contributed by atoms with Crippen molar-refractivity contribution in [2.45, 2.75) is 38.0 Å². The van der Waals surface area contributed by atoms with Crippen LogP contribution in [0.5, 0.6) is 0 Å². The van der Waals surface area contributed by atoms with E-state index in [0.717, 1.165) is 0 Å². The number of rotatable bonds is 2. The lowest BCUT2D eigenvalue weighted by molar-refractivity contribution is 0.324. The van der Waals surface area contributed by atoms with Gasteiger partial charge >= 0.3 is 0 Å². The molecule has 1 aliphatic rings. The molecule has 3 heteroatoms. The minimum Gasteiger partial charge on any atom is -0.146 e. The Bertz CT molecular complexity index is 315. The van der Waals surface area contributed by atoms with E-state index in [0.29, 0.717) is 5.41 Å². The zero-order chi connectivity index (χ0) is 10.2. The van der Waals surface area contributed by atoms with Crippen molar-refractivity contribution in [1.82, 2.24) is 0 Å². The van der Waals surface area contributed by atoms with Gasteiger partial charge in [0.25, 0.3) is 0 Å². The molecule has 1 fully saturated rings. The highest BCUT2D eigenvalue weighted by Crippen LogP contribution is 2.52. The average Bonchev–Trinajstić information content (AvgIpc) is 2.74. The van der Waals surface area contributed by atoms with E-state index in [9.17, 15) is 0 Å². The van der Waals surface area contributed by atoms with E-state index < -0.39 is 0 Å². The van der Waals surface area contributed by atoms with Crippen LogP contribution < -0.4 is 0 Å². The maximum atomic E-state index is 6.58. The van der Waals surface area contributed by atoms with Gasteiger partial charge in [0.05, 0.1) is 5.38 Å². The van der Waals surface area contributed by atoms with Crippen LogP contribution in [0.1, 0.15) is 42.9 Å². The van der Waals surface area contributed by atoms with E-state index in [4.69, 9.17) is 11.6 Å². The third-order valence-electron chi connectivity index (χ3n) is 3.23. The second-order valence-electron chi connectivity index (χ2n) is 4.36. The average molecular weight is 294 g/mol. The Kier molecular flexibility index (Phi) is 3.25. The van der Waals surface area contributed by atoms with E-state index in [1.54, 1.807) is 11.3 Å². The van der Waals surface area contributed by atoms with Crippen molar-refractivity contribution in [1.29, 1.82) is 0 Å². The molecule has 0 N–H and O–H groups in total. The van der Waals surface area contributed by atoms with E-state index in [2.05, 4.69) is 34.3 Å². The molecule has 1 saturated carbocycles. The molecular weight excluding hydrogens is 280 g/mol. The highest BCUT2D eigenvalue weighted by Gasteiger charge is 2.37. The van der Waals surface area contributed by atoms with Crippen LogP contribution in [0.15, 0.2) is 15.9 Å². The van der Waals surface area contributed by atoms with Gasteiger partial charge in [-0.2, -0.15) is 0 Å². The standard InChI is InChI=1S/C11H14BrClS/c1-11(5-2-3-6-11)10(13)9-8(12)4-7-14-9/h4,7,10H,2-3,5-6H2,1H3. The first-order valence-electron chi connectivity index (χ1n) is 5.00. The first-order chi connectivity index (χ1) is 6.63. The van der Waals surface area contributed by atoms with Gasteiger partial charge in [-0.1, -0.05) is 19.8 Å². The summed E-state index contributed by atoms with van der Waals surface area (Å²) < 4.78 is 1.18. The van der Waals surface area contributed by atoms with Gasteiger partial charge in [-0.3, -0.25) is 0 Å². The van der Waals surface area contributed by atoms with Crippen LogP contribution in [0.25, 0.3) is 0 Å². The van der Waals surface area contributed by atoms with Crippen LogP contribution in [-0.2, 0) is 0 Å². The van der Waals surface area contributed by atoms with Crippen molar-refractivity contribution in [2.24, 2.45) is 5.41 Å². The predicted octanol–water partition coefficient (Wildman–Crippen LogP) is 5.37. The van der Waals surface area contributed by atoms with Gasteiger partial charge < -0.3 is 0 Å². The molecular formula is C11H14BrClS. The van der Waals surface area contributed by atoms with Gasteiger partial charge in [-0.25, -0.2) is 0 Å². The number of alkyl halides is 1. The fourth-order valence-electron chi connectivity index (χ4n) is 2.24. The first kappa shape index (κ1) is 11.0. The van der Waals surface area contributed by atoms with Crippen molar-refractivity contribution < 1.29 is 0 Å². The Labute approximate surface area is 103 Å². The monoisotopic (exact) mass is 292 g/mol. The van der Waals surface area contributed by atoms with Gasteiger partial charge in [-0.15, -0.1) is 22.9 Å². The Balaban J connectivity index is 2.23. The molecule has 78 valence electrons. The Morgan fingerprint density at radius 1 is 1.50 bits per heavy atom. The first-order valence-corrected chi connectivity index (χ1v) is 7.11. The molecule has 0 spiro atoms. The summed E-state index contributed by atoms with van der Waals surface area (Å²) in [5, 5.41) is 2.28.